The van der Waals surface area contributed by atoms with Crippen molar-refractivity contribution in [2.75, 3.05) is 26.7 Å². The van der Waals surface area contributed by atoms with Gasteiger partial charge in [-0.05, 0) is 55.4 Å². The number of halogens is 1. The Hall–Kier alpha value is -1.87. The third-order valence-corrected chi connectivity index (χ3v) is 4.17. The Labute approximate surface area is 151 Å². The topological polar surface area (TPSA) is 56.5 Å². The molecule has 1 N–H and O–H groups in total. The highest BCUT2D eigenvalue weighted by molar-refractivity contribution is 9.10. The first-order valence-corrected chi connectivity index (χ1v) is 8.60. The van der Waals surface area contributed by atoms with Crippen LogP contribution in [-0.4, -0.2) is 42.9 Å². The standard InChI is InChI=1S/C19H21BrN2O2/c1-22(11-10-15-2-6-17(20)7-3-15)13-18(23)14-24-19-8-4-16(12-21)5-9-19/h2-9,18,23H,10-11,13-14H2,1H3. The maximum atomic E-state index is 10.1. The van der Waals surface area contributed by atoms with Crippen LogP contribution in [0, 0.1) is 11.3 Å². The fraction of sp³-hybridized carbons (Fsp3) is 0.316. The van der Waals surface area contributed by atoms with E-state index in [9.17, 15) is 5.11 Å². The van der Waals surface area contributed by atoms with Gasteiger partial charge >= 0.3 is 0 Å². The van der Waals surface area contributed by atoms with E-state index in [0.717, 1.165) is 17.4 Å². The fourth-order valence-corrected chi connectivity index (χ4v) is 2.56. The van der Waals surface area contributed by atoms with Gasteiger partial charge in [-0.25, -0.2) is 0 Å². The summed E-state index contributed by atoms with van der Waals surface area (Å²) >= 11 is 3.43. The summed E-state index contributed by atoms with van der Waals surface area (Å²) in [5.41, 5.74) is 1.86. The van der Waals surface area contributed by atoms with Crippen LogP contribution in [0.1, 0.15) is 11.1 Å². The lowest BCUT2D eigenvalue weighted by molar-refractivity contribution is 0.0767. The van der Waals surface area contributed by atoms with Crippen molar-refractivity contribution in [2.24, 2.45) is 0 Å². The van der Waals surface area contributed by atoms with E-state index in [4.69, 9.17) is 10.00 Å². The quantitative estimate of drug-likeness (QED) is 0.753. The maximum Gasteiger partial charge on any atom is 0.119 e. The zero-order chi connectivity index (χ0) is 17.4. The van der Waals surface area contributed by atoms with Crippen LogP contribution in [0.2, 0.25) is 0 Å². The molecule has 0 aliphatic heterocycles. The third-order valence-electron chi connectivity index (χ3n) is 3.64. The van der Waals surface area contributed by atoms with Crippen molar-refractivity contribution >= 4 is 15.9 Å². The lowest BCUT2D eigenvalue weighted by Gasteiger charge is -2.20. The molecule has 0 spiro atoms. The number of rotatable bonds is 8. The van der Waals surface area contributed by atoms with Gasteiger partial charge in [-0.3, -0.25) is 0 Å². The highest BCUT2D eigenvalue weighted by atomic mass is 79.9. The van der Waals surface area contributed by atoms with Gasteiger partial charge < -0.3 is 14.7 Å². The van der Waals surface area contributed by atoms with Crippen LogP contribution in [0.15, 0.2) is 53.0 Å². The average Bonchev–Trinajstić information content (AvgIpc) is 2.60. The molecule has 0 aromatic heterocycles. The molecule has 5 heteroatoms. The van der Waals surface area contributed by atoms with Crippen LogP contribution in [0.25, 0.3) is 0 Å². The number of nitriles is 1. The predicted octanol–water partition coefficient (Wildman–Crippen LogP) is 3.23. The summed E-state index contributed by atoms with van der Waals surface area (Å²) in [6.07, 6.45) is 0.378. The summed E-state index contributed by atoms with van der Waals surface area (Å²) in [5, 5.41) is 18.8. The van der Waals surface area contributed by atoms with Crippen molar-refractivity contribution in [3.63, 3.8) is 0 Å². The number of hydrogen-bond donors (Lipinski definition) is 1. The Balaban J connectivity index is 1.69. The van der Waals surface area contributed by atoms with Crippen LogP contribution in [0.4, 0.5) is 0 Å². The van der Waals surface area contributed by atoms with E-state index in [1.165, 1.54) is 5.56 Å². The smallest absolute Gasteiger partial charge is 0.119 e. The highest BCUT2D eigenvalue weighted by Crippen LogP contribution is 2.13. The molecule has 0 saturated carbocycles. The normalized spacial score (nSPS) is 12.0. The number of ether oxygens (including phenoxy) is 1. The van der Waals surface area contributed by atoms with Crippen molar-refractivity contribution in [3.05, 3.63) is 64.1 Å². The highest BCUT2D eigenvalue weighted by Gasteiger charge is 2.09. The average molecular weight is 389 g/mol. The second kappa shape index (κ2) is 9.43. The van der Waals surface area contributed by atoms with Crippen LogP contribution in [-0.2, 0) is 6.42 Å². The summed E-state index contributed by atoms with van der Waals surface area (Å²) in [4.78, 5) is 2.09. The van der Waals surface area contributed by atoms with Gasteiger partial charge in [0.2, 0.25) is 0 Å². The van der Waals surface area contributed by atoms with Gasteiger partial charge in [0.15, 0.2) is 0 Å². The van der Waals surface area contributed by atoms with E-state index in [1.807, 2.05) is 19.2 Å². The Morgan fingerprint density at radius 2 is 1.83 bits per heavy atom. The zero-order valence-electron chi connectivity index (χ0n) is 13.7. The Morgan fingerprint density at radius 3 is 2.46 bits per heavy atom. The van der Waals surface area contributed by atoms with E-state index >= 15 is 0 Å². The number of aliphatic hydroxyl groups is 1. The molecule has 1 atom stereocenters. The minimum Gasteiger partial charge on any atom is -0.491 e. The molecule has 0 heterocycles. The second-order valence-corrected chi connectivity index (χ2v) is 6.66. The summed E-state index contributed by atoms with van der Waals surface area (Å²) in [7, 11) is 1.99. The van der Waals surface area contributed by atoms with Crippen LogP contribution < -0.4 is 4.74 Å². The fourth-order valence-electron chi connectivity index (χ4n) is 2.29. The first-order valence-electron chi connectivity index (χ1n) is 7.81. The van der Waals surface area contributed by atoms with Crippen molar-refractivity contribution in [3.8, 4) is 11.8 Å². The van der Waals surface area contributed by atoms with Crippen LogP contribution in [0.5, 0.6) is 5.75 Å². The van der Waals surface area contributed by atoms with Gasteiger partial charge in [0, 0.05) is 17.6 Å². The van der Waals surface area contributed by atoms with Gasteiger partial charge in [-0.2, -0.15) is 5.26 Å². The second-order valence-electron chi connectivity index (χ2n) is 5.74. The van der Waals surface area contributed by atoms with Crippen molar-refractivity contribution < 1.29 is 9.84 Å². The SMILES string of the molecule is CN(CCc1ccc(Br)cc1)CC(O)COc1ccc(C#N)cc1. The molecule has 4 nitrogen and oxygen atoms in total. The van der Waals surface area contributed by atoms with E-state index in [2.05, 4.69) is 39.0 Å². The number of aliphatic hydroxyl groups excluding tert-OH is 1. The molecule has 2 aromatic rings. The Kier molecular flexibility index (Phi) is 7.26. The molecule has 0 amide bonds. The number of benzene rings is 2. The van der Waals surface area contributed by atoms with E-state index in [-0.39, 0.29) is 6.61 Å². The summed E-state index contributed by atoms with van der Waals surface area (Å²) in [6.45, 7) is 1.65. The summed E-state index contributed by atoms with van der Waals surface area (Å²) < 4.78 is 6.63. The van der Waals surface area contributed by atoms with Gasteiger partial charge in [0.05, 0.1) is 11.6 Å². The van der Waals surface area contributed by atoms with Gasteiger partial charge in [0.25, 0.3) is 0 Å². The van der Waals surface area contributed by atoms with Crippen molar-refractivity contribution in [1.82, 2.24) is 4.90 Å². The molecule has 0 fully saturated rings. The van der Waals surface area contributed by atoms with Gasteiger partial charge in [-0.15, -0.1) is 0 Å². The lowest BCUT2D eigenvalue weighted by atomic mass is 10.1. The van der Waals surface area contributed by atoms with Crippen LogP contribution in [0.3, 0.4) is 0 Å². The van der Waals surface area contributed by atoms with E-state index in [1.54, 1.807) is 24.3 Å². The molecular weight excluding hydrogens is 368 g/mol. The monoisotopic (exact) mass is 388 g/mol. The molecule has 0 saturated heterocycles. The molecule has 0 radical (unpaired) electrons. The third kappa shape index (κ3) is 6.32. The molecule has 2 aromatic carbocycles. The molecule has 2 rings (SSSR count). The summed E-state index contributed by atoms with van der Waals surface area (Å²) in [6, 6.07) is 17.2. The zero-order valence-corrected chi connectivity index (χ0v) is 15.2. The van der Waals surface area contributed by atoms with E-state index in [0.29, 0.717) is 17.9 Å². The lowest BCUT2D eigenvalue weighted by Crippen LogP contribution is -2.34. The van der Waals surface area contributed by atoms with Crippen LogP contribution >= 0.6 is 15.9 Å². The Morgan fingerprint density at radius 1 is 1.17 bits per heavy atom. The number of hydrogen-bond acceptors (Lipinski definition) is 4. The minimum absolute atomic E-state index is 0.231. The largest absolute Gasteiger partial charge is 0.491 e. The van der Waals surface area contributed by atoms with Crippen molar-refractivity contribution in [2.45, 2.75) is 12.5 Å². The maximum absolute atomic E-state index is 10.1. The predicted molar refractivity (Wildman–Crippen MR) is 98.0 cm³/mol. The molecule has 0 aliphatic rings. The molecular formula is C19H21BrN2O2. The first-order chi connectivity index (χ1) is 11.6. The molecule has 0 aliphatic carbocycles. The summed E-state index contributed by atoms with van der Waals surface area (Å²) in [5.74, 6) is 0.658. The van der Waals surface area contributed by atoms with Gasteiger partial charge in [0.1, 0.15) is 18.5 Å². The van der Waals surface area contributed by atoms with Gasteiger partial charge in [-0.1, -0.05) is 28.1 Å². The van der Waals surface area contributed by atoms with Crippen molar-refractivity contribution in [1.29, 1.82) is 5.26 Å². The molecule has 24 heavy (non-hydrogen) atoms. The number of likely N-dealkylation sites (N-methyl/N-ethyl adjacent to an activating group) is 1. The molecule has 0 bridgehead atoms. The van der Waals surface area contributed by atoms with E-state index < -0.39 is 6.10 Å². The molecule has 1 unspecified atom stereocenters. The number of nitrogens with zero attached hydrogens (tertiary/aromatic N) is 2. The minimum atomic E-state index is -0.560. The first kappa shape index (κ1) is 18.5. The Bertz CT molecular complexity index is 665. The molecule has 126 valence electrons.